The Labute approximate surface area is 120 Å². The van der Waals surface area contributed by atoms with E-state index in [9.17, 15) is 4.79 Å². The number of carboxylic acids is 1. The van der Waals surface area contributed by atoms with Gasteiger partial charge in [0.2, 0.25) is 0 Å². The van der Waals surface area contributed by atoms with Crippen LogP contribution >= 0.6 is 23.5 Å². The number of hydrogen-bond acceptors (Lipinski definition) is 3. The molecule has 0 aromatic heterocycles. The Morgan fingerprint density at radius 3 is 2.32 bits per heavy atom. The van der Waals surface area contributed by atoms with Crippen molar-refractivity contribution >= 4 is 29.5 Å². The van der Waals surface area contributed by atoms with Gasteiger partial charge in [-0.1, -0.05) is 23.7 Å². The summed E-state index contributed by atoms with van der Waals surface area (Å²) in [5, 5.41) is 9.51. The van der Waals surface area contributed by atoms with Gasteiger partial charge in [0.05, 0.1) is 5.56 Å². The maximum Gasteiger partial charge on any atom is 0.335 e. The van der Waals surface area contributed by atoms with Gasteiger partial charge in [-0.2, -0.15) is 0 Å². The molecule has 0 heterocycles. The number of carbonyl (C=O) groups is 1. The van der Waals surface area contributed by atoms with Crippen LogP contribution in [0.25, 0.3) is 0 Å². The van der Waals surface area contributed by atoms with Crippen LogP contribution in [0, 0.1) is 0 Å². The van der Waals surface area contributed by atoms with Crippen molar-refractivity contribution in [3.05, 3.63) is 64.7 Å². The minimum Gasteiger partial charge on any atom is -0.478 e. The van der Waals surface area contributed by atoms with Gasteiger partial charge in [-0.25, -0.2) is 4.79 Å². The standard InChI is InChI=1S/C14H12ClNO2S/c15-12-5-7-13(8-6-12)19-16-9-10-1-3-11(4-2-10)14(17)18/h1-8,16H,9H2,(H,17,18). The molecule has 0 aliphatic carbocycles. The summed E-state index contributed by atoms with van der Waals surface area (Å²) in [6.45, 7) is 0.660. The molecule has 0 fully saturated rings. The first-order chi connectivity index (χ1) is 9.15. The van der Waals surface area contributed by atoms with Crippen LogP contribution in [0.4, 0.5) is 0 Å². The molecule has 0 atom stereocenters. The van der Waals surface area contributed by atoms with Gasteiger partial charge in [-0.05, 0) is 53.9 Å². The van der Waals surface area contributed by atoms with Crippen LogP contribution in [0.15, 0.2) is 53.4 Å². The zero-order chi connectivity index (χ0) is 13.7. The predicted molar refractivity (Wildman–Crippen MR) is 77.6 cm³/mol. The summed E-state index contributed by atoms with van der Waals surface area (Å²) in [5.41, 5.74) is 1.33. The van der Waals surface area contributed by atoms with Crippen molar-refractivity contribution in [2.75, 3.05) is 0 Å². The molecule has 0 spiro atoms. The maximum atomic E-state index is 10.7. The third kappa shape index (κ3) is 4.28. The van der Waals surface area contributed by atoms with Gasteiger partial charge in [0.25, 0.3) is 0 Å². The second-order valence-corrected chi connectivity index (χ2v) is 5.28. The van der Waals surface area contributed by atoms with Gasteiger partial charge in [-0.3, -0.25) is 4.72 Å². The van der Waals surface area contributed by atoms with E-state index in [-0.39, 0.29) is 0 Å². The fourth-order valence-electron chi connectivity index (χ4n) is 1.47. The topological polar surface area (TPSA) is 49.3 Å². The summed E-state index contributed by atoms with van der Waals surface area (Å²) in [4.78, 5) is 11.8. The lowest BCUT2D eigenvalue weighted by Gasteiger charge is -2.05. The molecule has 0 aliphatic rings. The highest BCUT2D eigenvalue weighted by Crippen LogP contribution is 2.18. The van der Waals surface area contributed by atoms with Crippen LogP contribution in [0.5, 0.6) is 0 Å². The average Bonchev–Trinajstić information content (AvgIpc) is 2.41. The molecule has 5 heteroatoms. The minimum atomic E-state index is -0.907. The van der Waals surface area contributed by atoms with Crippen molar-refractivity contribution in [3.8, 4) is 0 Å². The minimum absolute atomic E-state index is 0.300. The molecule has 0 amide bonds. The van der Waals surface area contributed by atoms with E-state index in [0.29, 0.717) is 17.1 Å². The average molecular weight is 294 g/mol. The molecule has 0 radical (unpaired) electrons. The van der Waals surface area contributed by atoms with Gasteiger partial charge < -0.3 is 5.11 Å². The lowest BCUT2D eigenvalue weighted by atomic mass is 10.1. The third-order valence-electron chi connectivity index (χ3n) is 2.48. The fourth-order valence-corrected chi connectivity index (χ4v) is 2.27. The molecule has 0 saturated carbocycles. The summed E-state index contributed by atoms with van der Waals surface area (Å²) in [5.74, 6) is -0.907. The number of aromatic carboxylic acids is 1. The van der Waals surface area contributed by atoms with Crippen molar-refractivity contribution in [1.29, 1.82) is 0 Å². The van der Waals surface area contributed by atoms with Crippen LogP contribution in [-0.2, 0) is 6.54 Å². The summed E-state index contributed by atoms with van der Waals surface area (Å²) in [6.07, 6.45) is 0. The second kappa shape index (κ2) is 6.61. The molecule has 2 aromatic carbocycles. The zero-order valence-electron chi connectivity index (χ0n) is 9.97. The van der Waals surface area contributed by atoms with Gasteiger partial charge in [0.15, 0.2) is 0 Å². The smallest absolute Gasteiger partial charge is 0.335 e. The van der Waals surface area contributed by atoms with E-state index in [1.165, 1.54) is 11.9 Å². The Morgan fingerprint density at radius 1 is 1.11 bits per heavy atom. The summed E-state index contributed by atoms with van der Waals surface area (Å²) >= 11 is 7.31. The normalized spacial score (nSPS) is 10.4. The Bertz CT molecular complexity index is 555. The summed E-state index contributed by atoms with van der Waals surface area (Å²) in [7, 11) is 0. The van der Waals surface area contributed by atoms with Crippen molar-refractivity contribution < 1.29 is 9.90 Å². The van der Waals surface area contributed by atoms with Crippen molar-refractivity contribution in [1.82, 2.24) is 4.72 Å². The Morgan fingerprint density at radius 2 is 1.74 bits per heavy atom. The molecule has 2 N–H and O–H groups in total. The Kier molecular flexibility index (Phi) is 4.85. The number of hydrogen-bond donors (Lipinski definition) is 2. The van der Waals surface area contributed by atoms with Crippen LogP contribution < -0.4 is 4.72 Å². The molecule has 0 unspecified atom stereocenters. The molecular weight excluding hydrogens is 282 g/mol. The molecule has 0 bridgehead atoms. The van der Waals surface area contributed by atoms with E-state index in [2.05, 4.69) is 4.72 Å². The Balaban J connectivity index is 1.85. The number of carboxylic acid groups (broad SMARTS) is 1. The van der Waals surface area contributed by atoms with E-state index < -0.39 is 5.97 Å². The lowest BCUT2D eigenvalue weighted by molar-refractivity contribution is 0.0697. The predicted octanol–water partition coefficient (Wildman–Crippen LogP) is 3.84. The summed E-state index contributed by atoms with van der Waals surface area (Å²) < 4.78 is 3.21. The van der Waals surface area contributed by atoms with Crippen molar-refractivity contribution in [3.63, 3.8) is 0 Å². The Hall–Kier alpha value is -1.49. The number of rotatable bonds is 5. The molecule has 3 nitrogen and oxygen atoms in total. The molecule has 2 rings (SSSR count). The van der Waals surface area contributed by atoms with Gasteiger partial charge >= 0.3 is 5.97 Å². The number of benzene rings is 2. The number of nitrogens with one attached hydrogen (secondary N) is 1. The quantitative estimate of drug-likeness (QED) is 0.823. The van der Waals surface area contributed by atoms with Crippen molar-refractivity contribution in [2.24, 2.45) is 0 Å². The molecule has 19 heavy (non-hydrogen) atoms. The van der Waals surface area contributed by atoms with Gasteiger partial charge in [0.1, 0.15) is 0 Å². The lowest BCUT2D eigenvalue weighted by Crippen LogP contribution is -2.03. The second-order valence-electron chi connectivity index (χ2n) is 3.88. The van der Waals surface area contributed by atoms with Crippen LogP contribution in [-0.4, -0.2) is 11.1 Å². The largest absolute Gasteiger partial charge is 0.478 e. The van der Waals surface area contributed by atoms with Gasteiger partial charge in [0, 0.05) is 16.5 Å². The molecule has 98 valence electrons. The SMILES string of the molecule is O=C(O)c1ccc(CNSc2ccc(Cl)cc2)cc1. The van der Waals surface area contributed by atoms with E-state index >= 15 is 0 Å². The highest BCUT2D eigenvalue weighted by Gasteiger charge is 2.01. The molecule has 0 aliphatic heterocycles. The molecule has 2 aromatic rings. The highest BCUT2D eigenvalue weighted by atomic mass is 35.5. The molecule has 0 saturated heterocycles. The van der Waals surface area contributed by atoms with Crippen LogP contribution in [0.1, 0.15) is 15.9 Å². The van der Waals surface area contributed by atoms with Gasteiger partial charge in [-0.15, -0.1) is 0 Å². The first-order valence-electron chi connectivity index (χ1n) is 5.62. The first kappa shape index (κ1) is 13.9. The fraction of sp³-hybridized carbons (Fsp3) is 0.0714. The summed E-state index contributed by atoms with van der Waals surface area (Å²) in [6, 6.07) is 14.4. The monoisotopic (exact) mass is 293 g/mol. The van der Waals surface area contributed by atoms with Crippen LogP contribution in [0.3, 0.4) is 0 Å². The molecular formula is C14H12ClNO2S. The van der Waals surface area contributed by atoms with E-state index in [1.54, 1.807) is 24.3 Å². The van der Waals surface area contributed by atoms with E-state index in [4.69, 9.17) is 16.7 Å². The van der Waals surface area contributed by atoms with E-state index in [0.717, 1.165) is 10.5 Å². The van der Waals surface area contributed by atoms with Crippen molar-refractivity contribution in [2.45, 2.75) is 11.4 Å². The first-order valence-corrected chi connectivity index (χ1v) is 6.82. The third-order valence-corrected chi connectivity index (χ3v) is 3.53. The maximum absolute atomic E-state index is 10.7. The van der Waals surface area contributed by atoms with E-state index in [1.807, 2.05) is 24.3 Å². The zero-order valence-corrected chi connectivity index (χ0v) is 11.5. The highest BCUT2D eigenvalue weighted by molar-refractivity contribution is 7.97. The van der Waals surface area contributed by atoms with Crippen LogP contribution in [0.2, 0.25) is 5.02 Å². The number of halogens is 1.